The molecule has 0 aromatic heterocycles. The third-order valence-corrected chi connectivity index (χ3v) is 2.95. The minimum Gasteiger partial charge on any atom is -0.481 e. The van der Waals surface area contributed by atoms with Crippen LogP contribution in [0.3, 0.4) is 0 Å². The smallest absolute Gasteiger partial charge is 0.304 e. The zero-order valence-electron chi connectivity index (χ0n) is 7.81. The predicted molar refractivity (Wildman–Crippen MR) is 53.0 cm³/mol. The molecular weight excluding hydrogens is 178 g/mol. The summed E-state index contributed by atoms with van der Waals surface area (Å²) in [6.07, 6.45) is 0.918. The summed E-state index contributed by atoms with van der Waals surface area (Å²) in [5.41, 5.74) is 6.57. The van der Waals surface area contributed by atoms with Crippen LogP contribution in [0.2, 0.25) is 0 Å². The maximum absolute atomic E-state index is 10.7. The number of carbonyl (C=O) groups is 1. The summed E-state index contributed by atoms with van der Waals surface area (Å²) in [6.45, 7) is 0. The lowest BCUT2D eigenvalue weighted by Gasteiger charge is -2.13. The molecule has 1 aromatic rings. The van der Waals surface area contributed by atoms with E-state index in [-0.39, 0.29) is 17.9 Å². The van der Waals surface area contributed by atoms with E-state index in [4.69, 9.17) is 10.8 Å². The highest BCUT2D eigenvalue weighted by molar-refractivity contribution is 5.70. The Bertz CT molecular complexity index is 350. The Morgan fingerprint density at radius 1 is 1.50 bits per heavy atom. The molecule has 0 radical (unpaired) electrons. The van der Waals surface area contributed by atoms with Crippen LogP contribution in [0.5, 0.6) is 0 Å². The molecule has 2 rings (SSSR count). The van der Waals surface area contributed by atoms with Crippen LogP contribution in [-0.2, 0) is 10.2 Å². The molecule has 3 heteroatoms. The van der Waals surface area contributed by atoms with E-state index in [9.17, 15) is 4.79 Å². The molecule has 0 aliphatic heterocycles. The number of rotatable bonds is 3. The van der Waals surface area contributed by atoms with E-state index in [0.717, 1.165) is 12.0 Å². The van der Waals surface area contributed by atoms with Crippen molar-refractivity contribution in [3.05, 3.63) is 35.9 Å². The lowest BCUT2D eigenvalue weighted by molar-refractivity contribution is -0.137. The van der Waals surface area contributed by atoms with E-state index in [1.165, 1.54) is 0 Å². The zero-order chi connectivity index (χ0) is 10.2. The molecule has 0 amide bonds. The quantitative estimate of drug-likeness (QED) is 0.752. The molecule has 3 nitrogen and oxygen atoms in total. The van der Waals surface area contributed by atoms with Crippen molar-refractivity contribution in [2.75, 3.05) is 0 Å². The maximum Gasteiger partial charge on any atom is 0.304 e. The lowest BCUT2D eigenvalue weighted by Crippen LogP contribution is -2.22. The van der Waals surface area contributed by atoms with E-state index < -0.39 is 5.97 Å². The first-order valence-corrected chi connectivity index (χ1v) is 4.68. The van der Waals surface area contributed by atoms with E-state index in [1.807, 2.05) is 30.3 Å². The third-order valence-electron chi connectivity index (χ3n) is 2.95. The molecule has 0 unspecified atom stereocenters. The fraction of sp³-hybridized carbons (Fsp3) is 0.364. The van der Waals surface area contributed by atoms with Crippen molar-refractivity contribution in [1.82, 2.24) is 0 Å². The fourth-order valence-corrected chi connectivity index (χ4v) is 2.01. The van der Waals surface area contributed by atoms with Gasteiger partial charge in [0.15, 0.2) is 0 Å². The van der Waals surface area contributed by atoms with Crippen molar-refractivity contribution < 1.29 is 9.90 Å². The van der Waals surface area contributed by atoms with Gasteiger partial charge in [-0.1, -0.05) is 30.3 Å². The molecule has 1 aliphatic carbocycles. The minimum absolute atomic E-state index is 0.000926. The highest BCUT2D eigenvalue weighted by Gasteiger charge is 2.54. The summed E-state index contributed by atoms with van der Waals surface area (Å²) in [5, 5.41) is 8.81. The zero-order valence-corrected chi connectivity index (χ0v) is 7.81. The largest absolute Gasteiger partial charge is 0.481 e. The van der Waals surface area contributed by atoms with Gasteiger partial charge in [0.2, 0.25) is 0 Å². The average Bonchev–Trinajstić information content (AvgIpc) is 2.78. The molecule has 1 aliphatic rings. The van der Waals surface area contributed by atoms with E-state index >= 15 is 0 Å². The first-order valence-electron chi connectivity index (χ1n) is 4.68. The molecule has 0 heterocycles. The fourth-order valence-electron chi connectivity index (χ4n) is 2.01. The molecular formula is C11H13NO2. The number of hydrogen-bond acceptors (Lipinski definition) is 2. The van der Waals surface area contributed by atoms with Crippen molar-refractivity contribution in [1.29, 1.82) is 0 Å². The highest BCUT2D eigenvalue weighted by Crippen LogP contribution is 2.49. The van der Waals surface area contributed by atoms with Crippen molar-refractivity contribution in [2.24, 2.45) is 5.73 Å². The van der Waals surface area contributed by atoms with Gasteiger partial charge in [-0.3, -0.25) is 4.79 Å². The summed E-state index contributed by atoms with van der Waals surface area (Å²) in [4.78, 5) is 10.7. The molecule has 0 spiro atoms. The number of carboxylic acid groups (broad SMARTS) is 1. The van der Waals surface area contributed by atoms with Gasteiger partial charge in [0.25, 0.3) is 0 Å². The SMILES string of the molecule is N[C@H]1C[C@]1(CC(=O)O)c1ccccc1. The average molecular weight is 191 g/mol. The molecule has 0 bridgehead atoms. The van der Waals surface area contributed by atoms with Gasteiger partial charge in [-0.25, -0.2) is 0 Å². The monoisotopic (exact) mass is 191 g/mol. The van der Waals surface area contributed by atoms with Crippen LogP contribution in [-0.4, -0.2) is 17.1 Å². The Morgan fingerprint density at radius 3 is 2.50 bits per heavy atom. The van der Waals surface area contributed by atoms with Crippen molar-refractivity contribution >= 4 is 5.97 Å². The number of nitrogens with two attached hydrogens (primary N) is 1. The van der Waals surface area contributed by atoms with Gasteiger partial charge in [0.1, 0.15) is 0 Å². The second kappa shape index (κ2) is 3.10. The van der Waals surface area contributed by atoms with E-state index in [2.05, 4.69) is 0 Å². The summed E-state index contributed by atoms with van der Waals surface area (Å²) < 4.78 is 0. The molecule has 3 N–H and O–H groups in total. The second-order valence-corrected chi connectivity index (χ2v) is 3.90. The Hall–Kier alpha value is -1.35. The molecule has 2 atom stereocenters. The van der Waals surface area contributed by atoms with Crippen LogP contribution in [0.4, 0.5) is 0 Å². The molecule has 1 saturated carbocycles. The van der Waals surface area contributed by atoms with Crippen molar-refractivity contribution in [3.8, 4) is 0 Å². The Kier molecular flexibility index (Phi) is 2.04. The Balaban J connectivity index is 2.27. The van der Waals surface area contributed by atoms with Gasteiger partial charge < -0.3 is 10.8 Å². The number of benzene rings is 1. The molecule has 0 saturated heterocycles. The van der Waals surface area contributed by atoms with Crippen LogP contribution in [0.1, 0.15) is 18.4 Å². The number of carboxylic acids is 1. The van der Waals surface area contributed by atoms with Crippen LogP contribution < -0.4 is 5.73 Å². The third kappa shape index (κ3) is 1.40. The normalized spacial score (nSPS) is 29.9. The van der Waals surface area contributed by atoms with Gasteiger partial charge in [0, 0.05) is 11.5 Å². The van der Waals surface area contributed by atoms with Gasteiger partial charge in [-0.2, -0.15) is 0 Å². The van der Waals surface area contributed by atoms with E-state index in [0.29, 0.717) is 0 Å². The van der Waals surface area contributed by atoms with Gasteiger partial charge >= 0.3 is 5.97 Å². The topological polar surface area (TPSA) is 63.3 Å². The van der Waals surface area contributed by atoms with Crippen LogP contribution in [0.25, 0.3) is 0 Å². The first-order chi connectivity index (χ1) is 6.65. The lowest BCUT2D eigenvalue weighted by atomic mass is 9.92. The standard InChI is InChI=1S/C11H13NO2/c12-9-6-11(9,7-10(13)14)8-4-2-1-3-5-8/h1-5,9H,6-7,12H2,(H,13,14)/t9-,11-/m0/s1. The molecule has 14 heavy (non-hydrogen) atoms. The van der Waals surface area contributed by atoms with Gasteiger partial charge in [-0.05, 0) is 12.0 Å². The van der Waals surface area contributed by atoms with Crippen LogP contribution >= 0.6 is 0 Å². The molecule has 1 aromatic carbocycles. The number of aliphatic carboxylic acids is 1. The Labute approximate surface area is 82.5 Å². The first kappa shape index (κ1) is 9.21. The maximum atomic E-state index is 10.7. The summed E-state index contributed by atoms with van der Waals surface area (Å²) in [7, 11) is 0. The van der Waals surface area contributed by atoms with Crippen molar-refractivity contribution in [2.45, 2.75) is 24.3 Å². The minimum atomic E-state index is -0.776. The summed E-state index contributed by atoms with van der Waals surface area (Å²) in [6, 6.07) is 9.67. The molecule has 1 fully saturated rings. The van der Waals surface area contributed by atoms with Gasteiger partial charge in [0.05, 0.1) is 6.42 Å². The molecule has 74 valence electrons. The second-order valence-electron chi connectivity index (χ2n) is 3.90. The summed E-state index contributed by atoms with van der Waals surface area (Å²) in [5.74, 6) is -0.776. The highest BCUT2D eigenvalue weighted by atomic mass is 16.4. The Morgan fingerprint density at radius 2 is 2.07 bits per heavy atom. The van der Waals surface area contributed by atoms with Crippen LogP contribution in [0, 0.1) is 0 Å². The predicted octanol–water partition coefficient (Wildman–Crippen LogP) is 1.13. The van der Waals surface area contributed by atoms with E-state index in [1.54, 1.807) is 0 Å². The number of hydrogen-bond donors (Lipinski definition) is 2. The van der Waals surface area contributed by atoms with Crippen molar-refractivity contribution in [3.63, 3.8) is 0 Å². The van der Waals surface area contributed by atoms with Crippen LogP contribution in [0.15, 0.2) is 30.3 Å². The summed E-state index contributed by atoms with van der Waals surface area (Å²) >= 11 is 0. The van der Waals surface area contributed by atoms with Gasteiger partial charge in [-0.15, -0.1) is 0 Å².